The quantitative estimate of drug-likeness (QED) is 0.790. The highest BCUT2D eigenvalue weighted by Crippen LogP contribution is 2.28. The third-order valence-electron chi connectivity index (χ3n) is 4.10. The second kappa shape index (κ2) is 4.57. The highest BCUT2D eigenvalue weighted by molar-refractivity contribution is 5.67. The molecule has 1 atom stereocenters. The summed E-state index contributed by atoms with van der Waals surface area (Å²) in [4.78, 5) is 5.09. The number of nitrogen functional groups attached to an aromatic ring is 1. The Bertz CT molecular complexity index is 385. The molecule has 3 nitrogen and oxygen atoms in total. The Morgan fingerprint density at radius 3 is 2.59 bits per heavy atom. The van der Waals surface area contributed by atoms with E-state index in [1.807, 2.05) is 12.1 Å². The summed E-state index contributed by atoms with van der Waals surface area (Å²) >= 11 is 0. The van der Waals surface area contributed by atoms with Crippen LogP contribution in [0.2, 0.25) is 0 Å². The fourth-order valence-electron chi connectivity index (χ4n) is 3.14. The van der Waals surface area contributed by atoms with Gasteiger partial charge >= 0.3 is 0 Å². The van der Waals surface area contributed by atoms with Gasteiger partial charge in [0, 0.05) is 19.1 Å². The predicted molar refractivity (Wildman–Crippen MR) is 72.3 cm³/mol. The first kappa shape index (κ1) is 10.9. The summed E-state index contributed by atoms with van der Waals surface area (Å²) in [7, 11) is 0. The maximum Gasteiger partial charge on any atom is 0.0600 e. The Morgan fingerprint density at radius 1 is 1.06 bits per heavy atom. The molecule has 1 unspecified atom stereocenters. The van der Waals surface area contributed by atoms with Crippen molar-refractivity contribution in [3.8, 4) is 0 Å². The van der Waals surface area contributed by atoms with Gasteiger partial charge in [0.25, 0.3) is 0 Å². The van der Waals surface area contributed by atoms with Crippen LogP contribution in [-0.4, -0.2) is 37.1 Å². The molecule has 1 aromatic rings. The van der Waals surface area contributed by atoms with Crippen LogP contribution < -0.4 is 10.6 Å². The second-order valence-corrected chi connectivity index (χ2v) is 5.19. The summed E-state index contributed by atoms with van der Waals surface area (Å²) in [5.41, 5.74) is 8.17. The van der Waals surface area contributed by atoms with E-state index in [9.17, 15) is 0 Å². The first-order chi connectivity index (χ1) is 8.34. The van der Waals surface area contributed by atoms with Crippen molar-refractivity contribution in [3.63, 3.8) is 0 Å². The van der Waals surface area contributed by atoms with Gasteiger partial charge in [-0.1, -0.05) is 12.1 Å². The number of nitrogens with two attached hydrogens (primary N) is 1. The largest absolute Gasteiger partial charge is 0.397 e. The van der Waals surface area contributed by atoms with Crippen LogP contribution in [0.1, 0.15) is 19.3 Å². The second-order valence-electron chi connectivity index (χ2n) is 5.19. The number of hydrogen-bond acceptors (Lipinski definition) is 3. The van der Waals surface area contributed by atoms with Gasteiger partial charge < -0.3 is 10.6 Å². The van der Waals surface area contributed by atoms with E-state index in [1.165, 1.54) is 38.0 Å². The van der Waals surface area contributed by atoms with Gasteiger partial charge in [-0.25, -0.2) is 0 Å². The van der Waals surface area contributed by atoms with Crippen LogP contribution in [0.3, 0.4) is 0 Å². The summed E-state index contributed by atoms with van der Waals surface area (Å²) in [6.45, 7) is 4.88. The molecule has 3 rings (SSSR count). The molecule has 0 amide bonds. The van der Waals surface area contributed by atoms with E-state index in [0.29, 0.717) is 0 Å². The zero-order valence-corrected chi connectivity index (χ0v) is 10.3. The lowest BCUT2D eigenvalue weighted by Gasteiger charge is -2.25. The lowest BCUT2D eigenvalue weighted by molar-refractivity contribution is 0.260. The van der Waals surface area contributed by atoms with Crippen LogP contribution >= 0.6 is 0 Å². The average molecular weight is 231 g/mol. The number of likely N-dealkylation sites (tertiary alicyclic amines) is 1. The lowest BCUT2D eigenvalue weighted by atomic mass is 10.2. The average Bonchev–Trinajstić information content (AvgIpc) is 3.00. The molecular weight excluding hydrogens is 210 g/mol. The molecular formula is C14H21N3. The van der Waals surface area contributed by atoms with E-state index in [0.717, 1.165) is 24.8 Å². The SMILES string of the molecule is Nc1ccccc1N1CCC(N2CCCC2)C1. The smallest absolute Gasteiger partial charge is 0.0600 e. The van der Waals surface area contributed by atoms with Crippen molar-refractivity contribution < 1.29 is 0 Å². The third kappa shape index (κ3) is 2.12. The van der Waals surface area contributed by atoms with Gasteiger partial charge in [-0.05, 0) is 44.5 Å². The van der Waals surface area contributed by atoms with Crippen LogP contribution in [0, 0.1) is 0 Å². The van der Waals surface area contributed by atoms with E-state index in [1.54, 1.807) is 0 Å². The van der Waals surface area contributed by atoms with Gasteiger partial charge in [0.15, 0.2) is 0 Å². The predicted octanol–water partition coefficient (Wildman–Crippen LogP) is 1.94. The van der Waals surface area contributed by atoms with Crippen molar-refractivity contribution in [2.75, 3.05) is 36.8 Å². The first-order valence-electron chi connectivity index (χ1n) is 6.68. The van der Waals surface area contributed by atoms with Crippen LogP contribution in [0.15, 0.2) is 24.3 Å². The molecule has 17 heavy (non-hydrogen) atoms. The molecule has 1 aromatic carbocycles. The van der Waals surface area contributed by atoms with Gasteiger partial charge in [-0.3, -0.25) is 4.90 Å². The van der Waals surface area contributed by atoms with Crippen LogP contribution in [0.5, 0.6) is 0 Å². The standard InChI is InChI=1S/C14H21N3/c15-13-5-1-2-6-14(13)17-10-7-12(11-17)16-8-3-4-9-16/h1-2,5-6,12H,3-4,7-11,15H2. The summed E-state index contributed by atoms with van der Waals surface area (Å²) in [5.74, 6) is 0. The molecule has 2 heterocycles. The van der Waals surface area contributed by atoms with Crippen LogP contribution in [0.25, 0.3) is 0 Å². The van der Waals surface area contributed by atoms with Crippen LogP contribution in [0.4, 0.5) is 11.4 Å². The van der Waals surface area contributed by atoms with E-state index in [-0.39, 0.29) is 0 Å². The van der Waals surface area contributed by atoms with E-state index in [4.69, 9.17) is 5.73 Å². The summed E-state index contributed by atoms with van der Waals surface area (Å²) in [6.07, 6.45) is 4.04. The maximum absolute atomic E-state index is 6.04. The van der Waals surface area contributed by atoms with E-state index >= 15 is 0 Å². The van der Waals surface area contributed by atoms with Crippen molar-refractivity contribution in [2.45, 2.75) is 25.3 Å². The minimum Gasteiger partial charge on any atom is -0.397 e. The van der Waals surface area contributed by atoms with E-state index in [2.05, 4.69) is 21.9 Å². The molecule has 0 bridgehead atoms. The molecule has 0 aliphatic carbocycles. The Morgan fingerprint density at radius 2 is 1.82 bits per heavy atom. The van der Waals surface area contributed by atoms with Gasteiger partial charge in [-0.2, -0.15) is 0 Å². The molecule has 92 valence electrons. The van der Waals surface area contributed by atoms with Gasteiger partial charge in [0.1, 0.15) is 0 Å². The topological polar surface area (TPSA) is 32.5 Å². The molecule has 3 heteroatoms. The number of benzene rings is 1. The minimum absolute atomic E-state index is 0.747. The first-order valence-corrected chi connectivity index (χ1v) is 6.68. The highest BCUT2D eigenvalue weighted by atomic mass is 15.3. The molecule has 2 aliphatic heterocycles. The Kier molecular flexibility index (Phi) is 2.93. The zero-order valence-electron chi connectivity index (χ0n) is 10.3. The Labute approximate surface area is 103 Å². The zero-order chi connectivity index (χ0) is 11.7. The van der Waals surface area contributed by atoms with Crippen molar-refractivity contribution in [3.05, 3.63) is 24.3 Å². The minimum atomic E-state index is 0.747. The molecule has 2 aliphatic rings. The normalized spacial score (nSPS) is 25.6. The van der Waals surface area contributed by atoms with Gasteiger partial charge in [0.2, 0.25) is 0 Å². The fourth-order valence-corrected chi connectivity index (χ4v) is 3.14. The molecule has 2 saturated heterocycles. The summed E-state index contributed by atoms with van der Waals surface area (Å²) < 4.78 is 0. The van der Waals surface area contributed by atoms with Crippen molar-refractivity contribution >= 4 is 11.4 Å². The van der Waals surface area contributed by atoms with Crippen molar-refractivity contribution in [1.29, 1.82) is 0 Å². The van der Waals surface area contributed by atoms with E-state index < -0.39 is 0 Å². The third-order valence-corrected chi connectivity index (χ3v) is 4.10. The summed E-state index contributed by atoms with van der Waals surface area (Å²) in [6, 6.07) is 8.97. The number of nitrogens with zero attached hydrogens (tertiary/aromatic N) is 2. The number of para-hydroxylation sites is 2. The van der Waals surface area contributed by atoms with Gasteiger partial charge in [0.05, 0.1) is 11.4 Å². The fraction of sp³-hybridized carbons (Fsp3) is 0.571. The molecule has 0 spiro atoms. The molecule has 2 fully saturated rings. The summed E-state index contributed by atoms with van der Waals surface area (Å²) in [5, 5.41) is 0. The molecule has 0 radical (unpaired) electrons. The molecule has 0 aromatic heterocycles. The van der Waals surface area contributed by atoms with Crippen molar-refractivity contribution in [1.82, 2.24) is 4.90 Å². The Hall–Kier alpha value is -1.22. The lowest BCUT2D eigenvalue weighted by Crippen LogP contribution is -2.35. The molecule has 2 N–H and O–H groups in total. The van der Waals surface area contributed by atoms with Crippen molar-refractivity contribution in [2.24, 2.45) is 0 Å². The monoisotopic (exact) mass is 231 g/mol. The number of rotatable bonds is 2. The maximum atomic E-state index is 6.04. The number of hydrogen-bond donors (Lipinski definition) is 1. The van der Waals surface area contributed by atoms with Gasteiger partial charge in [-0.15, -0.1) is 0 Å². The highest BCUT2D eigenvalue weighted by Gasteiger charge is 2.29. The molecule has 0 saturated carbocycles. The number of anilines is 2. The van der Waals surface area contributed by atoms with Crippen LogP contribution in [-0.2, 0) is 0 Å². The Balaban J connectivity index is 1.69.